The van der Waals surface area contributed by atoms with Crippen molar-refractivity contribution in [3.05, 3.63) is 48.6 Å². The number of carbonyl (C=O) groups excluding carboxylic acids is 2. The maximum absolute atomic E-state index is 13.2. The first-order valence-electron chi connectivity index (χ1n) is 26.4. The summed E-state index contributed by atoms with van der Waals surface area (Å²) in [4.78, 5) is 26.0. The minimum Gasteiger partial charge on any atom is -0.458 e. The van der Waals surface area contributed by atoms with E-state index in [9.17, 15) is 19.8 Å². The zero-order valence-corrected chi connectivity index (χ0v) is 40.5. The van der Waals surface area contributed by atoms with E-state index in [1.54, 1.807) is 0 Å². The number of aliphatic hydroxyl groups excluding tert-OH is 2. The summed E-state index contributed by atoms with van der Waals surface area (Å²) in [6, 6.07) is -0.733. The molecule has 0 fully saturated rings. The van der Waals surface area contributed by atoms with E-state index in [0.29, 0.717) is 12.8 Å². The number of esters is 1. The zero-order chi connectivity index (χ0) is 44.5. The van der Waals surface area contributed by atoms with Gasteiger partial charge in [-0.05, 0) is 63.9 Å². The molecule has 3 unspecified atom stereocenters. The molecule has 61 heavy (non-hydrogen) atoms. The van der Waals surface area contributed by atoms with Crippen molar-refractivity contribution in [3.8, 4) is 0 Å². The van der Waals surface area contributed by atoms with Gasteiger partial charge < -0.3 is 20.3 Å². The number of ether oxygens (including phenoxy) is 1. The second-order valence-electron chi connectivity index (χ2n) is 17.9. The molecular weight excluding hydrogens is 755 g/mol. The lowest BCUT2D eigenvalue weighted by atomic mass is 10.0. The average Bonchev–Trinajstić information content (AvgIpc) is 3.25. The summed E-state index contributed by atoms with van der Waals surface area (Å²) in [5, 5.41) is 23.7. The fourth-order valence-corrected chi connectivity index (χ4v) is 7.90. The molecule has 0 bridgehead atoms. The molecule has 0 aromatic carbocycles. The molecule has 6 nitrogen and oxygen atoms in total. The molecule has 0 aliphatic rings. The zero-order valence-electron chi connectivity index (χ0n) is 40.5. The fraction of sp³-hybridized carbons (Fsp3) is 0.818. The van der Waals surface area contributed by atoms with Crippen LogP contribution >= 0.6 is 0 Å². The van der Waals surface area contributed by atoms with Gasteiger partial charge >= 0.3 is 5.97 Å². The Kier molecular flexibility index (Phi) is 47.1. The Hall–Kier alpha value is -2.18. The predicted octanol–water partition coefficient (Wildman–Crippen LogP) is 15.8. The highest BCUT2D eigenvalue weighted by Gasteiger charge is 2.23. The topological polar surface area (TPSA) is 95.9 Å². The molecule has 3 atom stereocenters. The Balaban J connectivity index is 4.54. The molecule has 0 spiro atoms. The lowest BCUT2D eigenvalue weighted by Crippen LogP contribution is -2.46. The van der Waals surface area contributed by atoms with E-state index in [1.807, 2.05) is 12.2 Å². The minimum absolute atomic E-state index is 0.0311. The molecule has 0 radical (unpaired) electrons. The van der Waals surface area contributed by atoms with Gasteiger partial charge in [-0.3, -0.25) is 9.59 Å². The Morgan fingerprint density at radius 1 is 0.508 bits per heavy atom. The lowest BCUT2D eigenvalue weighted by Gasteiger charge is -2.23. The van der Waals surface area contributed by atoms with E-state index in [1.165, 1.54) is 154 Å². The maximum Gasteiger partial charge on any atom is 0.306 e. The number of aliphatic hydroxyl groups is 2. The Labute approximate surface area is 378 Å². The molecule has 0 aromatic heterocycles. The van der Waals surface area contributed by atoms with E-state index in [2.05, 4.69) is 62.5 Å². The predicted molar refractivity (Wildman–Crippen MR) is 264 cm³/mol. The summed E-state index contributed by atoms with van der Waals surface area (Å²) >= 11 is 0. The van der Waals surface area contributed by atoms with E-state index in [-0.39, 0.29) is 24.9 Å². The smallest absolute Gasteiger partial charge is 0.306 e. The van der Waals surface area contributed by atoms with Crippen LogP contribution in [0.2, 0.25) is 0 Å². The second-order valence-corrected chi connectivity index (χ2v) is 17.9. The van der Waals surface area contributed by atoms with Crippen molar-refractivity contribution >= 4 is 11.9 Å². The maximum atomic E-state index is 13.2. The summed E-state index contributed by atoms with van der Waals surface area (Å²) < 4.78 is 5.82. The first kappa shape index (κ1) is 58.8. The third-order valence-electron chi connectivity index (χ3n) is 11.9. The molecule has 0 aliphatic heterocycles. The molecule has 0 aromatic rings. The number of rotatable bonds is 47. The van der Waals surface area contributed by atoms with Crippen LogP contribution in [0.4, 0.5) is 0 Å². The number of hydrogen-bond donors (Lipinski definition) is 3. The van der Waals surface area contributed by atoms with Crippen LogP contribution < -0.4 is 5.32 Å². The molecule has 3 N–H and O–H groups in total. The first-order valence-corrected chi connectivity index (χ1v) is 26.4. The quantitative estimate of drug-likeness (QED) is 0.0322. The van der Waals surface area contributed by atoms with Crippen LogP contribution in [-0.2, 0) is 14.3 Å². The highest BCUT2D eigenvalue weighted by molar-refractivity contribution is 5.78. The molecule has 0 rings (SSSR count). The molecule has 0 heterocycles. The summed E-state index contributed by atoms with van der Waals surface area (Å²) in [7, 11) is 0. The third kappa shape index (κ3) is 44.2. The number of hydrogen-bond acceptors (Lipinski definition) is 5. The molecular formula is C55H101NO5. The van der Waals surface area contributed by atoms with Gasteiger partial charge in [0.2, 0.25) is 5.91 Å². The van der Waals surface area contributed by atoms with Crippen LogP contribution in [-0.4, -0.2) is 46.9 Å². The Morgan fingerprint density at radius 2 is 0.918 bits per heavy atom. The van der Waals surface area contributed by atoms with Crippen molar-refractivity contribution in [1.82, 2.24) is 5.32 Å². The van der Waals surface area contributed by atoms with Crippen molar-refractivity contribution in [2.24, 2.45) is 0 Å². The molecule has 0 saturated heterocycles. The van der Waals surface area contributed by atoms with Crippen LogP contribution in [0.1, 0.15) is 265 Å². The van der Waals surface area contributed by atoms with Gasteiger partial charge in [0.1, 0.15) is 6.10 Å². The van der Waals surface area contributed by atoms with Gasteiger partial charge in [0.15, 0.2) is 0 Å². The van der Waals surface area contributed by atoms with Gasteiger partial charge in [-0.2, -0.15) is 0 Å². The number of allylic oxidation sites excluding steroid dienone is 7. The normalized spacial score (nSPS) is 13.6. The molecule has 0 saturated carbocycles. The van der Waals surface area contributed by atoms with Crippen LogP contribution in [0.15, 0.2) is 48.6 Å². The van der Waals surface area contributed by atoms with Gasteiger partial charge in [0, 0.05) is 6.42 Å². The summed E-state index contributed by atoms with van der Waals surface area (Å²) in [5.74, 6) is -0.607. The van der Waals surface area contributed by atoms with E-state index >= 15 is 0 Å². The molecule has 0 aliphatic carbocycles. The molecule has 6 heteroatoms. The van der Waals surface area contributed by atoms with E-state index in [4.69, 9.17) is 4.74 Å². The Bertz CT molecular complexity index is 1050. The van der Waals surface area contributed by atoms with Crippen molar-refractivity contribution in [3.63, 3.8) is 0 Å². The fourth-order valence-electron chi connectivity index (χ4n) is 7.90. The van der Waals surface area contributed by atoms with Gasteiger partial charge in [-0.1, -0.05) is 237 Å². The van der Waals surface area contributed by atoms with Gasteiger partial charge in [-0.15, -0.1) is 0 Å². The van der Waals surface area contributed by atoms with Crippen LogP contribution in [0, 0.1) is 0 Å². The molecule has 356 valence electrons. The van der Waals surface area contributed by atoms with Gasteiger partial charge in [-0.25, -0.2) is 0 Å². The summed E-state index contributed by atoms with van der Waals surface area (Å²) in [5.41, 5.74) is 0. The summed E-state index contributed by atoms with van der Waals surface area (Å²) in [6.45, 7) is 6.35. The van der Waals surface area contributed by atoms with Gasteiger partial charge in [0.05, 0.1) is 25.2 Å². The summed E-state index contributed by atoms with van der Waals surface area (Å²) in [6.07, 6.45) is 59.2. The molecule has 1 amide bonds. The van der Waals surface area contributed by atoms with Crippen LogP contribution in [0.25, 0.3) is 0 Å². The number of carbonyl (C=O) groups is 2. The highest BCUT2D eigenvalue weighted by Crippen LogP contribution is 2.17. The van der Waals surface area contributed by atoms with Crippen molar-refractivity contribution in [2.45, 2.75) is 283 Å². The van der Waals surface area contributed by atoms with E-state index in [0.717, 1.165) is 70.6 Å². The van der Waals surface area contributed by atoms with Crippen LogP contribution in [0.3, 0.4) is 0 Å². The van der Waals surface area contributed by atoms with Crippen molar-refractivity contribution in [2.75, 3.05) is 6.61 Å². The second kappa shape index (κ2) is 48.8. The largest absolute Gasteiger partial charge is 0.458 e. The monoisotopic (exact) mass is 856 g/mol. The number of amides is 1. The number of nitrogens with one attached hydrogen (secondary N) is 1. The van der Waals surface area contributed by atoms with Gasteiger partial charge in [0.25, 0.3) is 0 Å². The number of unbranched alkanes of at least 4 members (excludes halogenated alkanes) is 29. The minimum atomic E-state index is -0.812. The lowest BCUT2D eigenvalue weighted by molar-refractivity contribution is -0.148. The van der Waals surface area contributed by atoms with Crippen LogP contribution in [0.5, 0.6) is 0 Å². The standard InChI is InChI=1S/C55H101NO5/c1-4-7-10-13-16-19-22-24-26-27-28-29-32-35-38-41-44-47-53(58)52(50-57)56-54(59)49-51(46-43-40-37-34-31-21-18-15-12-9-6-3)61-55(60)48-45-42-39-36-33-30-25-23-20-17-14-11-8-5-2/h8,11,17,20,34,37,43,46,51-53,57-58H,4-7,9-10,12-16,18-19,21-33,35-36,38-42,44-45,47-50H2,1-3H3,(H,56,59)/b11-8+,20-17+,37-34-,46-43+. The third-order valence-corrected chi connectivity index (χ3v) is 11.9. The SMILES string of the molecule is CC/C=C/C/C=C/CCCCCCCCCC(=O)OC(/C=C/C/C=C\CCCCCCCC)CC(=O)NC(CO)C(O)CCCCCCCCCCCCCCCCCCC. The first-order chi connectivity index (χ1) is 30.0. The highest BCUT2D eigenvalue weighted by atomic mass is 16.5. The van der Waals surface area contributed by atoms with E-state index < -0.39 is 18.2 Å². The average molecular weight is 856 g/mol. The Morgan fingerprint density at radius 3 is 1.38 bits per heavy atom. The van der Waals surface area contributed by atoms with Crippen molar-refractivity contribution in [1.29, 1.82) is 0 Å². The van der Waals surface area contributed by atoms with Crippen molar-refractivity contribution < 1.29 is 24.5 Å².